The molecule has 1 amide bonds. The Balaban J connectivity index is 1.61. The molecule has 2 heterocycles. The summed E-state index contributed by atoms with van der Waals surface area (Å²) >= 11 is 0. The van der Waals surface area contributed by atoms with Crippen molar-refractivity contribution in [2.24, 2.45) is 0 Å². The van der Waals surface area contributed by atoms with E-state index in [0.29, 0.717) is 19.1 Å². The summed E-state index contributed by atoms with van der Waals surface area (Å²) < 4.78 is 5.55. The van der Waals surface area contributed by atoms with Crippen LogP contribution < -0.4 is 15.0 Å². The van der Waals surface area contributed by atoms with Crippen molar-refractivity contribution in [3.05, 3.63) is 47.8 Å². The van der Waals surface area contributed by atoms with Gasteiger partial charge in [-0.15, -0.1) is 0 Å². The van der Waals surface area contributed by atoms with Gasteiger partial charge in [-0.1, -0.05) is 12.1 Å². The number of hydrogen-bond acceptors (Lipinski definition) is 5. The van der Waals surface area contributed by atoms with Crippen LogP contribution in [0.4, 0.5) is 5.95 Å². The molecule has 0 unspecified atom stereocenters. The molecule has 0 radical (unpaired) electrons. The molecule has 1 aliphatic rings. The number of aryl methyl sites for hydroxylation is 1. The number of ether oxygens (including phenoxy) is 1. The number of nitrogens with zero attached hydrogens (tertiary/aromatic N) is 3. The zero-order valence-electron chi connectivity index (χ0n) is 14.7. The van der Waals surface area contributed by atoms with Gasteiger partial charge in [0.2, 0.25) is 11.9 Å². The van der Waals surface area contributed by atoms with Crippen LogP contribution in [-0.4, -0.2) is 35.1 Å². The summed E-state index contributed by atoms with van der Waals surface area (Å²) in [5.74, 6) is 1.54. The number of amides is 1. The van der Waals surface area contributed by atoms with Gasteiger partial charge in [0.05, 0.1) is 6.61 Å². The first-order valence-electron chi connectivity index (χ1n) is 8.72. The van der Waals surface area contributed by atoms with E-state index in [1.807, 2.05) is 30.9 Å². The summed E-state index contributed by atoms with van der Waals surface area (Å²) in [5.41, 5.74) is 2.14. The number of nitrogens with one attached hydrogen (secondary N) is 1. The van der Waals surface area contributed by atoms with Crippen molar-refractivity contribution in [1.82, 2.24) is 15.3 Å². The summed E-state index contributed by atoms with van der Waals surface area (Å²) in [5, 5.41) is 3.04. The first kappa shape index (κ1) is 17.2. The molecule has 2 aromatic rings. The molecule has 6 heteroatoms. The monoisotopic (exact) mass is 340 g/mol. The Morgan fingerprint density at radius 3 is 2.88 bits per heavy atom. The lowest BCUT2D eigenvalue weighted by atomic mass is 10.1. The highest BCUT2D eigenvalue weighted by atomic mass is 16.5. The van der Waals surface area contributed by atoms with E-state index in [1.54, 1.807) is 18.5 Å². The molecule has 132 valence electrons. The van der Waals surface area contributed by atoms with Crippen LogP contribution in [0.3, 0.4) is 0 Å². The standard InChI is InChI=1S/C19H24N4O2/c1-3-25-17-8-7-15(12-14(17)2)13-22-18(24)16-6-4-11-23(16)19-20-9-5-10-21-19/h5,7-10,12,16H,3-4,6,11,13H2,1-2H3,(H,22,24)/t16-/m1/s1. The quantitative estimate of drug-likeness (QED) is 0.875. The minimum atomic E-state index is -0.203. The van der Waals surface area contributed by atoms with Crippen LogP contribution in [0, 0.1) is 6.92 Å². The molecule has 1 aliphatic heterocycles. The van der Waals surface area contributed by atoms with Gasteiger partial charge in [0.15, 0.2) is 0 Å². The predicted molar refractivity (Wildman–Crippen MR) is 96.6 cm³/mol. The summed E-state index contributed by atoms with van der Waals surface area (Å²) in [7, 11) is 0. The fraction of sp³-hybridized carbons (Fsp3) is 0.421. The highest BCUT2D eigenvalue weighted by Crippen LogP contribution is 2.22. The number of rotatable bonds is 6. The normalized spacial score (nSPS) is 16.7. The minimum absolute atomic E-state index is 0.0245. The Labute approximate surface area is 148 Å². The first-order chi connectivity index (χ1) is 12.2. The molecular weight excluding hydrogens is 316 g/mol. The van der Waals surface area contributed by atoms with Crippen molar-refractivity contribution in [3.63, 3.8) is 0 Å². The number of hydrogen-bond donors (Lipinski definition) is 1. The second-order valence-corrected chi connectivity index (χ2v) is 6.15. The van der Waals surface area contributed by atoms with Crippen molar-refractivity contribution in [2.75, 3.05) is 18.1 Å². The molecule has 6 nitrogen and oxygen atoms in total. The number of aromatic nitrogens is 2. The SMILES string of the molecule is CCOc1ccc(CNC(=O)[C@H]2CCCN2c2ncccn2)cc1C. The third kappa shape index (κ3) is 4.07. The van der Waals surface area contributed by atoms with Crippen LogP contribution in [0.5, 0.6) is 5.75 Å². The average molecular weight is 340 g/mol. The largest absolute Gasteiger partial charge is 0.494 e. The van der Waals surface area contributed by atoms with Crippen molar-refractivity contribution >= 4 is 11.9 Å². The maximum Gasteiger partial charge on any atom is 0.243 e. The van der Waals surface area contributed by atoms with Crippen LogP contribution in [-0.2, 0) is 11.3 Å². The van der Waals surface area contributed by atoms with E-state index < -0.39 is 0 Å². The van der Waals surface area contributed by atoms with Crippen LogP contribution in [0.1, 0.15) is 30.9 Å². The molecule has 1 N–H and O–H groups in total. The molecule has 3 rings (SSSR count). The Hall–Kier alpha value is -2.63. The summed E-state index contributed by atoms with van der Waals surface area (Å²) in [6.07, 6.45) is 5.21. The third-order valence-electron chi connectivity index (χ3n) is 4.37. The van der Waals surface area contributed by atoms with Crippen LogP contribution >= 0.6 is 0 Å². The molecule has 0 aliphatic carbocycles. The van der Waals surface area contributed by atoms with Crippen LogP contribution in [0.2, 0.25) is 0 Å². The number of carbonyl (C=O) groups excluding carboxylic acids is 1. The van der Waals surface area contributed by atoms with E-state index in [-0.39, 0.29) is 11.9 Å². The number of anilines is 1. The fourth-order valence-corrected chi connectivity index (χ4v) is 3.16. The van der Waals surface area contributed by atoms with E-state index in [1.165, 1.54) is 0 Å². The highest BCUT2D eigenvalue weighted by molar-refractivity contribution is 5.85. The van der Waals surface area contributed by atoms with E-state index in [9.17, 15) is 4.79 Å². The molecule has 1 aromatic carbocycles. The molecule has 0 spiro atoms. The van der Waals surface area contributed by atoms with Gasteiger partial charge < -0.3 is 15.0 Å². The van der Waals surface area contributed by atoms with E-state index in [0.717, 1.165) is 36.3 Å². The highest BCUT2D eigenvalue weighted by Gasteiger charge is 2.32. The second-order valence-electron chi connectivity index (χ2n) is 6.15. The summed E-state index contributed by atoms with van der Waals surface area (Å²) in [6, 6.07) is 7.58. The van der Waals surface area contributed by atoms with E-state index >= 15 is 0 Å². The van der Waals surface area contributed by atoms with Gasteiger partial charge in [-0.05, 0) is 49.9 Å². The average Bonchev–Trinajstić information content (AvgIpc) is 3.12. The first-order valence-corrected chi connectivity index (χ1v) is 8.72. The van der Waals surface area contributed by atoms with Crippen molar-refractivity contribution in [2.45, 2.75) is 39.3 Å². The van der Waals surface area contributed by atoms with Gasteiger partial charge in [-0.3, -0.25) is 4.79 Å². The van der Waals surface area contributed by atoms with Gasteiger partial charge in [-0.2, -0.15) is 0 Å². The molecule has 0 saturated carbocycles. The zero-order chi connectivity index (χ0) is 17.6. The van der Waals surface area contributed by atoms with Gasteiger partial charge in [0, 0.05) is 25.5 Å². The molecule has 1 saturated heterocycles. The Morgan fingerprint density at radius 2 is 2.16 bits per heavy atom. The Kier molecular flexibility index (Phi) is 5.48. The van der Waals surface area contributed by atoms with Gasteiger partial charge >= 0.3 is 0 Å². The summed E-state index contributed by atoms with van der Waals surface area (Å²) in [4.78, 5) is 23.2. The lowest BCUT2D eigenvalue weighted by molar-refractivity contribution is -0.122. The van der Waals surface area contributed by atoms with Gasteiger partial charge in [0.1, 0.15) is 11.8 Å². The van der Waals surface area contributed by atoms with Crippen LogP contribution in [0.15, 0.2) is 36.7 Å². The number of benzene rings is 1. The lowest BCUT2D eigenvalue weighted by Gasteiger charge is -2.23. The van der Waals surface area contributed by atoms with Crippen LogP contribution in [0.25, 0.3) is 0 Å². The molecular formula is C19H24N4O2. The van der Waals surface area contributed by atoms with Crippen molar-refractivity contribution in [1.29, 1.82) is 0 Å². The lowest BCUT2D eigenvalue weighted by Crippen LogP contribution is -2.43. The van der Waals surface area contributed by atoms with Gasteiger partial charge in [-0.25, -0.2) is 9.97 Å². The molecule has 25 heavy (non-hydrogen) atoms. The fourth-order valence-electron chi connectivity index (χ4n) is 3.16. The van der Waals surface area contributed by atoms with Crippen molar-refractivity contribution in [3.8, 4) is 5.75 Å². The second kappa shape index (κ2) is 7.96. The molecule has 1 fully saturated rings. The predicted octanol–water partition coefficient (Wildman–Crippen LogP) is 2.47. The van der Waals surface area contributed by atoms with E-state index in [4.69, 9.17) is 4.74 Å². The minimum Gasteiger partial charge on any atom is -0.494 e. The molecule has 1 aromatic heterocycles. The Morgan fingerprint density at radius 1 is 1.36 bits per heavy atom. The van der Waals surface area contributed by atoms with Crippen molar-refractivity contribution < 1.29 is 9.53 Å². The maximum atomic E-state index is 12.6. The number of carbonyl (C=O) groups is 1. The summed E-state index contributed by atoms with van der Waals surface area (Å²) in [6.45, 7) is 5.95. The van der Waals surface area contributed by atoms with E-state index in [2.05, 4.69) is 21.4 Å². The molecule has 1 atom stereocenters. The Bertz CT molecular complexity index is 721. The smallest absolute Gasteiger partial charge is 0.243 e. The van der Waals surface area contributed by atoms with Gasteiger partial charge in [0.25, 0.3) is 0 Å². The zero-order valence-corrected chi connectivity index (χ0v) is 14.7. The maximum absolute atomic E-state index is 12.6. The molecule has 0 bridgehead atoms. The topological polar surface area (TPSA) is 67.3 Å². The third-order valence-corrected chi connectivity index (χ3v) is 4.37.